The fraction of sp³-hybridized carbons (Fsp3) is 0.476. The number of nitrogens with zero attached hydrogens (tertiary/aromatic N) is 2. The van der Waals surface area contributed by atoms with Crippen molar-refractivity contribution in [1.82, 2.24) is 10.1 Å². The van der Waals surface area contributed by atoms with Gasteiger partial charge in [-0.3, -0.25) is 0 Å². The molecule has 2 aliphatic rings. The molecule has 1 aromatic carbocycles. The number of methoxy groups -OCH3 is 1. The molecule has 0 unspecified atom stereocenters. The van der Waals surface area contributed by atoms with E-state index in [0.29, 0.717) is 55.0 Å². The lowest BCUT2D eigenvalue weighted by Crippen LogP contribution is -2.35. The fourth-order valence-electron chi connectivity index (χ4n) is 3.69. The summed E-state index contributed by atoms with van der Waals surface area (Å²) in [6, 6.07) is 7.45. The van der Waals surface area contributed by atoms with Crippen LogP contribution in [0.15, 0.2) is 28.8 Å². The van der Waals surface area contributed by atoms with Crippen LogP contribution in [-0.2, 0) is 9.53 Å². The van der Waals surface area contributed by atoms with Crippen LogP contribution in [0.25, 0.3) is 17.0 Å². The second-order valence-electron chi connectivity index (χ2n) is 7.02. The maximum atomic E-state index is 11.5. The van der Waals surface area contributed by atoms with Gasteiger partial charge in [-0.05, 0) is 43.9 Å². The molecule has 1 saturated carbocycles. The molecule has 0 spiro atoms. The standard InChI is InChI=1S/C21H24N2O5.ClH/c1-25-19-7-6-15(12-21(19)27-16-4-2-3-5-16)17-13-20(28-22-17)18(14-24)23-8-10-26-11-9-23;/h6-7,12-13,16H,2-5,8-11H2,1H3;1H. The second-order valence-corrected chi connectivity index (χ2v) is 7.02. The summed E-state index contributed by atoms with van der Waals surface area (Å²) >= 11 is 0. The molecule has 0 N–H and O–H groups in total. The van der Waals surface area contributed by atoms with E-state index in [0.717, 1.165) is 18.4 Å². The molecule has 0 bridgehead atoms. The first-order valence-electron chi connectivity index (χ1n) is 9.68. The molecule has 1 saturated heterocycles. The predicted molar refractivity (Wildman–Crippen MR) is 110 cm³/mol. The average molecular weight is 421 g/mol. The average Bonchev–Trinajstić information content (AvgIpc) is 3.42. The van der Waals surface area contributed by atoms with Crippen LogP contribution in [0.3, 0.4) is 0 Å². The molecule has 7 nitrogen and oxygen atoms in total. The van der Waals surface area contributed by atoms with Gasteiger partial charge in [0.1, 0.15) is 5.69 Å². The maximum absolute atomic E-state index is 11.5. The second kappa shape index (κ2) is 9.83. The number of carbonyl (C=O) groups excluding carboxylic acids is 1. The summed E-state index contributed by atoms with van der Waals surface area (Å²) in [5.74, 6) is 3.79. The van der Waals surface area contributed by atoms with Crippen molar-refractivity contribution in [3.8, 4) is 22.8 Å². The Hall–Kier alpha value is -2.47. The van der Waals surface area contributed by atoms with Gasteiger partial charge < -0.3 is 23.6 Å². The van der Waals surface area contributed by atoms with Crippen molar-refractivity contribution in [3.05, 3.63) is 30.0 Å². The molecule has 2 fully saturated rings. The lowest BCUT2D eigenvalue weighted by molar-refractivity contribution is 0.0634. The van der Waals surface area contributed by atoms with Gasteiger partial charge in [-0.1, -0.05) is 5.16 Å². The van der Waals surface area contributed by atoms with Gasteiger partial charge in [-0.2, -0.15) is 0 Å². The van der Waals surface area contributed by atoms with Crippen LogP contribution >= 0.6 is 12.4 Å². The molecule has 2 heterocycles. The molecule has 156 valence electrons. The Kier molecular flexibility index (Phi) is 7.20. The molecule has 1 aromatic heterocycles. The van der Waals surface area contributed by atoms with Crippen molar-refractivity contribution in [2.24, 2.45) is 0 Å². The van der Waals surface area contributed by atoms with E-state index >= 15 is 0 Å². The molecule has 2 aromatic rings. The fourth-order valence-corrected chi connectivity index (χ4v) is 3.69. The monoisotopic (exact) mass is 420 g/mol. The molecular weight excluding hydrogens is 396 g/mol. The molecule has 1 aliphatic heterocycles. The van der Waals surface area contributed by atoms with E-state index in [-0.39, 0.29) is 18.5 Å². The lowest BCUT2D eigenvalue weighted by atomic mass is 10.1. The Labute approximate surface area is 176 Å². The van der Waals surface area contributed by atoms with E-state index in [1.165, 1.54) is 12.8 Å². The van der Waals surface area contributed by atoms with Gasteiger partial charge in [0.15, 0.2) is 28.9 Å². The van der Waals surface area contributed by atoms with Gasteiger partial charge in [-0.25, -0.2) is 4.79 Å². The van der Waals surface area contributed by atoms with Gasteiger partial charge in [-0.15, -0.1) is 12.4 Å². The van der Waals surface area contributed by atoms with Gasteiger partial charge in [0.2, 0.25) is 0 Å². The number of morpholine rings is 1. The summed E-state index contributed by atoms with van der Waals surface area (Å²) in [5.41, 5.74) is 1.85. The highest BCUT2D eigenvalue weighted by molar-refractivity contribution is 5.85. The van der Waals surface area contributed by atoms with E-state index in [1.54, 1.807) is 13.2 Å². The molecular formula is C21H25ClN2O5. The van der Waals surface area contributed by atoms with Gasteiger partial charge in [0, 0.05) is 24.7 Å². The summed E-state index contributed by atoms with van der Waals surface area (Å²) in [4.78, 5) is 13.4. The Morgan fingerprint density at radius 2 is 1.93 bits per heavy atom. The van der Waals surface area contributed by atoms with Crippen LogP contribution in [-0.4, -0.2) is 55.5 Å². The number of halogens is 1. The first kappa shape index (κ1) is 21.2. The molecule has 29 heavy (non-hydrogen) atoms. The van der Waals surface area contributed by atoms with Crippen molar-refractivity contribution < 1.29 is 23.5 Å². The summed E-state index contributed by atoms with van der Waals surface area (Å²) in [5, 5.41) is 4.15. The summed E-state index contributed by atoms with van der Waals surface area (Å²) in [6.45, 7) is 2.41. The minimum absolute atomic E-state index is 0. The zero-order valence-electron chi connectivity index (χ0n) is 16.4. The number of ether oxygens (including phenoxy) is 3. The number of aromatic nitrogens is 1. The van der Waals surface area contributed by atoms with Crippen molar-refractivity contribution in [1.29, 1.82) is 0 Å². The maximum Gasteiger partial charge on any atom is 0.194 e. The number of benzene rings is 1. The predicted octanol–water partition coefficient (Wildman–Crippen LogP) is 3.60. The Morgan fingerprint density at radius 3 is 2.62 bits per heavy atom. The Balaban J connectivity index is 0.00000240. The van der Waals surface area contributed by atoms with Gasteiger partial charge in [0.25, 0.3) is 0 Å². The van der Waals surface area contributed by atoms with Gasteiger partial charge in [0.05, 0.1) is 26.4 Å². The van der Waals surface area contributed by atoms with Crippen LogP contribution in [0.5, 0.6) is 11.5 Å². The van der Waals surface area contributed by atoms with Crippen LogP contribution in [0.2, 0.25) is 0 Å². The molecule has 4 rings (SSSR count). The van der Waals surface area contributed by atoms with E-state index in [2.05, 4.69) is 5.16 Å². The SMILES string of the molecule is COc1ccc(-c2cc(C(=C=O)N3CCOCC3)on2)cc1OC1CCCC1.Cl. The van der Waals surface area contributed by atoms with E-state index < -0.39 is 0 Å². The highest BCUT2D eigenvalue weighted by Crippen LogP contribution is 2.35. The Morgan fingerprint density at radius 1 is 1.17 bits per heavy atom. The molecule has 0 radical (unpaired) electrons. The van der Waals surface area contributed by atoms with E-state index in [1.807, 2.05) is 29.0 Å². The third-order valence-corrected chi connectivity index (χ3v) is 5.22. The van der Waals surface area contributed by atoms with Crippen LogP contribution < -0.4 is 9.47 Å². The largest absolute Gasteiger partial charge is 0.493 e. The van der Waals surface area contributed by atoms with Crippen molar-refractivity contribution in [3.63, 3.8) is 0 Å². The third kappa shape index (κ3) is 4.75. The normalized spacial score (nSPS) is 16.8. The van der Waals surface area contributed by atoms with Gasteiger partial charge >= 0.3 is 0 Å². The number of hydrogen-bond acceptors (Lipinski definition) is 7. The van der Waals surface area contributed by atoms with Crippen LogP contribution in [0.4, 0.5) is 0 Å². The lowest BCUT2D eigenvalue weighted by Gasteiger charge is -2.27. The number of rotatable bonds is 6. The highest BCUT2D eigenvalue weighted by Gasteiger charge is 2.22. The summed E-state index contributed by atoms with van der Waals surface area (Å²) in [7, 11) is 1.63. The quantitative estimate of drug-likeness (QED) is 0.661. The highest BCUT2D eigenvalue weighted by atomic mass is 35.5. The first-order chi connectivity index (χ1) is 13.8. The molecule has 8 heteroatoms. The minimum Gasteiger partial charge on any atom is -0.493 e. The zero-order valence-corrected chi connectivity index (χ0v) is 17.2. The van der Waals surface area contributed by atoms with Crippen LogP contribution in [0.1, 0.15) is 31.4 Å². The summed E-state index contributed by atoms with van der Waals surface area (Å²) < 4.78 is 22.4. The summed E-state index contributed by atoms with van der Waals surface area (Å²) in [6.07, 6.45) is 4.75. The molecule has 0 amide bonds. The van der Waals surface area contributed by atoms with Crippen molar-refractivity contribution >= 4 is 24.0 Å². The number of hydrogen-bond donors (Lipinski definition) is 0. The smallest absolute Gasteiger partial charge is 0.194 e. The topological polar surface area (TPSA) is 74.0 Å². The van der Waals surface area contributed by atoms with Crippen LogP contribution in [0, 0.1) is 0 Å². The Bertz CT molecular complexity index is 866. The molecule has 0 atom stereocenters. The zero-order chi connectivity index (χ0) is 19.3. The van der Waals surface area contributed by atoms with Crippen molar-refractivity contribution in [2.45, 2.75) is 31.8 Å². The molecule has 1 aliphatic carbocycles. The van der Waals surface area contributed by atoms with E-state index in [4.69, 9.17) is 18.7 Å². The van der Waals surface area contributed by atoms with Crippen molar-refractivity contribution in [2.75, 3.05) is 33.4 Å². The first-order valence-corrected chi connectivity index (χ1v) is 9.68. The minimum atomic E-state index is 0. The van der Waals surface area contributed by atoms with E-state index in [9.17, 15) is 4.79 Å². The third-order valence-electron chi connectivity index (χ3n) is 5.22.